The molecule has 3 nitrogen and oxygen atoms in total. The zero-order chi connectivity index (χ0) is 11.1. The molecule has 0 fully saturated rings. The number of hydrazine groups is 1. The van der Waals surface area contributed by atoms with Crippen LogP contribution in [-0.4, -0.2) is 13.0 Å². The number of carbonyl (C=O) groups excluding carboxylic acids is 1. The number of hydrogen-bond acceptors (Lipinski definition) is 2. The van der Waals surface area contributed by atoms with Gasteiger partial charge in [-0.2, -0.15) is 0 Å². The summed E-state index contributed by atoms with van der Waals surface area (Å²) >= 11 is 0. The molecule has 0 bridgehead atoms. The Morgan fingerprint density at radius 3 is 2.33 bits per heavy atom. The highest BCUT2D eigenvalue weighted by atomic mass is 16.2. The monoisotopic (exact) mass is 206 g/mol. The zero-order valence-corrected chi connectivity index (χ0v) is 9.34. The lowest BCUT2D eigenvalue weighted by Crippen LogP contribution is -2.35. The topological polar surface area (TPSA) is 41.1 Å². The molecule has 0 radical (unpaired) electrons. The van der Waals surface area contributed by atoms with Crippen LogP contribution in [0.15, 0.2) is 24.3 Å². The summed E-state index contributed by atoms with van der Waals surface area (Å²) in [6.07, 6.45) is 2.68. The van der Waals surface area contributed by atoms with E-state index in [0.29, 0.717) is 6.42 Å². The summed E-state index contributed by atoms with van der Waals surface area (Å²) in [6, 6.07) is 8.21. The van der Waals surface area contributed by atoms with Crippen molar-refractivity contribution in [2.24, 2.45) is 0 Å². The van der Waals surface area contributed by atoms with Gasteiger partial charge in [0.05, 0.1) is 6.42 Å². The van der Waals surface area contributed by atoms with Crippen LogP contribution in [0, 0.1) is 0 Å². The average Bonchev–Trinajstić information content (AvgIpc) is 2.22. The fourth-order valence-corrected chi connectivity index (χ4v) is 1.48. The molecule has 0 saturated carbocycles. The molecule has 0 spiro atoms. The Morgan fingerprint density at radius 1 is 1.20 bits per heavy atom. The second-order valence-corrected chi connectivity index (χ2v) is 3.54. The van der Waals surface area contributed by atoms with Crippen LogP contribution in [-0.2, 0) is 17.6 Å². The zero-order valence-electron chi connectivity index (χ0n) is 9.34. The van der Waals surface area contributed by atoms with Crippen molar-refractivity contribution in [2.75, 3.05) is 7.05 Å². The molecule has 0 saturated heterocycles. The van der Waals surface area contributed by atoms with Crippen LogP contribution in [0.25, 0.3) is 0 Å². The molecule has 0 heterocycles. The highest BCUT2D eigenvalue weighted by Gasteiger charge is 2.01. The summed E-state index contributed by atoms with van der Waals surface area (Å²) in [5, 5.41) is 0. The van der Waals surface area contributed by atoms with Crippen molar-refractivity contribution in [3.8, 4) is 0 Å². The molecule has 15 heavy (non-hydrogen) atoms. The van der Waals surface area contributed by atoms with E-state index >= 15 is 0 Å². The third-order valence-corrected chi connectivity index (χ3v) is 2.19. The Kier molecular flexibility index (Phi) is 4.84. The van der Waals surface area contributed by atoms with E-state index in [1.165, 1.54) is 5.56 Å². The van der Waals surface area contributed by atoms with E-state index in [1.54, 1.807) is 7.05 Å². The second-order valence-electron chi connectivity index (χ2n) is 3.54. The summed E-state index contributed by atoms with van der Waals surface area (Å²) < 4.78 is 0. The van der Waals surface area contributed by atoms with Crippen molar-refractivity contribution in [3.63, 3.8) is 0 Å². The first kappa shape index (κ1) is 11.7. The largest absolute Gasteiger partial charge is 0.292 e. The van der Waals surface area contributed by atoms with E-state index in [2.05, 4.69) is 29.9 Å². The second kappa shape index (κ2) is 6.19. The lowest BCUT2D eigenvalue weighted by molar-refractivity contribution is -0.121. The molecule has 1 aromatic rings. The van der Waals surface area contributed by atoms with E-state index in [9.17, 15) is 4.79 Å². The third-order valence-electron chi connectivity index (χ3n) is 2.19. The molecule has 1 rings (SSSR count). The minimum Gasteiger partial charge on any atom is -0.292 e. The minimum absolute atomic E-state index is 0.0132. The van der Waals surface area contributed by atoms with E-state index < -0.39 is 0 Å². The van der Waals surface area contributed by atoms with Crippen molar-refractivity contribution in [1.82, 2.24) is 10.9 Å². The van der Waals surface area contributed by atoms with Crippen molar-refractivity contribution >= 4 is 5.91 Å². The Bertz CT molecular complexity index is 306. The highest BCUT2D eigenvalue weighted by molar-refractivity contribution is 5.77. The molecule has 3 heteroatoms. The van der Waals surface area contributed by atoms with Gasteiger partial charge in [0.15, 0.2) is 0 Å². The van der Waals surface area contributed by atoms with Gasteiger partial charge in [0.25, 0.3) is 0 Å². The smallest absolute Gasteiger partial charge is 0.238 e. The summed E-state index contributed by atoms with van der Waals surface area (Å²) in [5.74, 6) is -0.0132. The number of nitrogens with one attached hydrogen (secondary N) is 2. The fraction of sp³-hybridized carbons (Fsp3) is 0.417. The molecular weight excluding hydrogens is 188 g/mol. The molecule has 0 aromatic heterocycles. The SMILES string of the molecule is CCCc1ccc(CC(=O)NNC)cc1. The first-order chi connectivity index (χ1) is 7.26. The van der Waals surface area contributed by atoms with Gasteiger partial charge >= 0.3 is 0 Å². The molecular formula is C12H18N2O. The molecule has 1 amide bonds. The summed E-state index contributed by atoms with van der Waals surface area (Å²) in [6.45, 7) is 2.16. The molecule has 0 unspecified atom stereocenters. The van der Waals surface area contributed by atoms with E-state index in [0.717, 1.165) is 18.4 Å². The van der Waals surface area contributed by atoms with Gasteiger partial charge in [0, 0.05) is 7.05 Å². The van der Waals surface area contributed by atoms with Crippen LogP contribution < -0.4 is 10.9 Å². The molecule has 1 aromatic carbocycles. The lowest BCUT2D eigenvalue weighted by atomic mass is 10.1. The van der Waals surface area contributed by atoms with Gasteiger partial charge in [0.2, 0.25) is 5.91 Å². The predicted octanol–water partition coefficient (Wildman–Crippen LogP) is 1.43. The van der Waals surface area contributed by atoms with Crippen LogP contribution in [0.1, 0.15) is 24.5 Å². The van der Waals surface area contributed by atoms with Crippen LogP contribution in [0.4, 0.5) is 0 Å². The number of amides is 1. The lowest BCUT2D eigenvalue weighted by Gasteiger charge is -2.04. The van der Waals surface area contributed by atoms with Gasteiger partial charge in [0.1, 0.15) is 0 Å². The number of rotatable bonds is 5. The third kappa shape index (κ3) is 4.13. The maximum Gasteiger partial charge on any atom is 0.238 e. The van der Waals surface area contributed by atoms with Gasteiger partial charge in [-0.3, -0.25) is 10.2 Å². The fourth-order valence-electron chi connectivity index (χ4n) is 1.48. The standard InChI is InChI=1S/C12H18N2O/c1-3-4-10-5-7-11(8-6-10)9-12(15)14-13-2/h5-8,13H,3-4,9H2,1-2H3,(H,14,15). The Labute approximate surface area is 90.9 Å². The quantitative estimate of drug-likeness (QED) is 0.716. The predicted molar refractivity (Wildman–Crippen MR) is 61.3 cm³/mol. The van der Waals surface area contributed by atoms with Crippen molar-refractivity contribution in [2.45, 2.75) is 26.2 Å². The number of carbonyl (C=O) groups is 1. The first-order valence-corrected chi connectivity index (χ1v) is 5.29. The minimum atomic E-state index is -0.0132. The van der Waals surface area contributed by atoms with Crippen LogP contribution >= 0.6 is 0 Å². The van der Waals surface area contributed by atoms with E-state index in [1.807, 2.05) is 12.1 Å². The van der Waals surface area contributed by atoms with Crippen molar-refractivity contribution < 1.29 is 4.79 Å². The van der Waals surface area contributed by atoms with Gasteiger partial charge in [-0.1, -0.05) is 37.6 Å². The van der Waals surface area contributed by atoms with E-state index in [4.69, 9.17) is 0 Å². The Balaban J connectivity index is 2.52. The van der Waals surface area contributed by atoms with Crippen molar-refractivity contribution in [1.29, 1.82) is 0 Å². The highest BCUT2D eigenvalue weighted by Crippen LogP contribution is 2.07. The Hall–Kier alpha value is -1.35. The molecule has 0 aliphatic rings. The molecule has 0 atom stereocenters. The number of hydrogen-bond donors (Lipinski definition) is 2. The maximum absolute atomic E-state index is 11.2. The van der Waals surface area contributed by atoms with Gasteiger partial charge in [-0.25, -0.2) is 5.43 Å². The first-order valence-electron chi connectivity index (χ1n) is 5.29. The van der Waals surface area contributed by atoms with Gasteiger partial charge < -0.3 is 0 Å². The van der Waals surface area contributed by atoms with Crippen LogP contribution in [0.5, 0.6) is 0 Å². The molecule has 82 valence electrons. The van der Waals surface area contributed by atoms with Gasteiger partial charge in [-0.15, -0.1) is 0 Å². The Morgan fingerprint density at radius 2 is 1.80 bits per heavy atom. The maximum atomic E-state index is 11.2. The molecule has 2 N–H and O–H groups in total. The summed E-state index contributed by atoms with van der Waals surface area (Å²) in [5.41, 5.74) is 7.54. The number of benzene rings is 1. The van der Waals surface area contributed by atoms with Crippen LogP contribution in [0.3, 0.4) is 0 Å². The normalized spacial score (nSPS) is 10.0. The molecule has 0 aliphatic carbocycles. The summed E-state index contributed by atoms with van der Waals surface area (Å²) in [7, 11) is 1.68. The van der Waals surface area contributed by atoms with E-state index in [-0.39, 0.29) is 5.91 Å². The molecule has 0 aliphatic heterocycles. The average molecular weight is 206 g/mol. The summed E-state index contributed by atoms with van der Waals surface area (Å²) in [4.78, 5) is 11.2. The van der Waals surface area contributed by atoms with Crippen molar-refractivity contribution in [3.05, 3.63) is 35.4 Å². The number of aryl methyl sites for hydroxylation is 1. The van der Waals surface area contributed by atoms with Gasteiger partial charge in [-0.05, 0) is 17.5 Å². The van der Waals surface area contributed by atoms with Crippen LogP contribution in [0.2, 0.25) is 0 Å².